The summed E-state index contributed by atoms with van der Waals surface area (Å²) < 4.78 is 34.0. The summed E-state index contributed by atoms with van der Waals surface area (Å²) in [5.74, 6) is -0.265. The van der Waals surface area contributed by atoms with E-state index in [1.165, 1.54) is 24.1 Å². The van der Waals surface area contributed by atoms with E-state index in [1.807, 2.05) is 58.9 Å². The van der Waals surface area contributed by atoms with Gasteiger partial charge in [0.05, 0.1) is 17.7 Å². The summed E-state index contributed by atoms with van der Waals surface area (Å²) in [6.45, 7) is 9.11. The van der Waals surface area contributed by atoms with Gasteiger partial charge in [0.2, 0.25) is 11.8 Å². The summed E-state index contributed by atoms with van der Waals surface area (Å²) in [4.78, 5) is 28.9. The van der Waals surface area contributed by atoms with E-state index in [9.17, 15) is 18.0 Å². The van der Waals surface area contributed by atoms with Crippen molar-refractivity contribution in [2.75, 3.05) is 18.0 Å². The third-order valence-corrected chi connectivity index (χ3v) is 8.12. The standard InChI is InChI=1S/C31H39N3O5S/c1-7-28(30(36)32-31(3,4)5)33(21-24-15-13-23(2)14-16-24)29(35)22-34(25-11-9-8-10-12-25)40(37,38)27-19-17-26(39-6)18-20-27/h8-20,28H,7,21-22H2,1-6H3,(H,32,36)/t28-/m1/s1. The molecule has 1 N–H and O–H groups in total. The lowest BCUT2D eigenvalue weighted by Gasteiger charge is -2.34. The molecule has 0 saturated heterocycles. The van der Waals surface area contributed by atoms with E-state index in [4.69, 9.17) is 4.74 Å². The molecule has 0 saturated carbocycles. The van der Waals surface area contributed by atoms with Gasteiger partial charge in [-0.3, -0.25) is 13.9 Å². The van der Waals surface area contributed by atoms with E-state index in [0.717, 1.165) is 15.4 Å². The summed E-state index contributed by atoms with van der Waals surface area (Å²) in [6, 6.07) is 21.4. The molecule has 1 atom stereocenters. The highest BCUT2D eigenvalue weighted by atomic mass is 32.2. The molecule has 0 aliphatic carbocycles. The van der Waals surface area contributed by atoms with E-state index in [-0.39, 0.29) is 17.3 Å². The first-order valence-electron chi connectivity index (χ1n) is 13.2. The molecule has 0 aliphatic heterocycles. The number of hydrogen-bond donors (Lipinski definition) is 1. The zero-order chi connectivity index (χ0) is 29.5. The molecule has 40 heavy (non-hydrogen) atoms. The number of rotatable bonds is 11. The van der Waals surface area contributed by atoms with Gasteiger partial charge in [0.15, 0.2) is 0 Å². The van der Waals surface area contributed by atoms with Crippen LogP contribution in [-0.2, 0) is 26.2 Å². The van der Waals surface area contributed by atoms with Crippen molar-refractivity contribution in [2.45, 2.75) is 64.1 Å². The second-order valence-electron chi connectivity index (χ2n) is 10.7. The highest BCUT2D eigenvalue weighted by molar-refractivity contribution is 7.92. The van der Waals surface area contributed by atoms with Crippen molar-refractivity contribution in [1.29, 1.82) is 0 Å². The van der Waals surface area contributed by atoms with E-state index in [2.05, 4.69) is 5.32 Å². The Bertz CT molecular complexity index is 1380. The molecular formula is C31H39N3O5S. The van der Waals surface area contributed by atoms with Gasteiger partial charge in [-0.15, -0.1) is 0 Å². The molecule has 9 heteroatoms. The summed E-state index contributed by atoms with van der Waals surface area (Å²) in [5.41, 5.74) is 1.75. The Hall–Kier alpha value is -3.85. The maximum absolute atomic E-state index is 14.1. The lowest BCUT2D eigenvalue weighted by atomic mass is 10.1. The molecular weight excluding hydrogens is 526 g/mol. The topological polar surface area (TPSA) is 96.0 Å². The summed E-state index contributed by atoms with van der Waals surface area (Å²) in [7, 11) is -2.64. The van der Waals surface area contributed by atoms with Gasteiger partial charge in [-0.25, -0.2) is 8.42 Å². The number of para-hydroxylation sites is 1. The number of nitrogens with zero attached hydrogens (tertiary/aromatic N) is 2. The number of carbonyl (C=O) groups excluding carboxylic acids is 2. The van der Waals surface area contributed by atoms with Gasteiger partial charge in [-0.2, -0.15) is 0 Å². The minimum atomic E-state index is -4.14. The van der Waals surface area contributed by atoms with Gasteiger partial charge < -0.3 is 15.0 Å². The fourth-order valence-corrected chi connectivity index (χ4v) is 5.67. The number of carbonyl (C=O) groups is 2. The number of amides is 2. The fraction of sp³-hybridized carbons (Fsp3) is 0.355. The Kier molecular flexibility index (Phi) is 9.98. The van der Waals surface area contributed by atoms with Gasteiger partial charge in [0, 0.05) is 12.1 Å². The Morgan fingerprint density at radius 2 is 1.52 bits per heavy atom. The van der Waals surface area contributed by atoms with Crippen molar-refractivity contribution >= 4 is 27.5 Å². The number of aryl methyl sites for hydroxylation is 1. The smallest absolute Gasteiger partial charge is 0.264 e. The zero-order valence-corrected chi connectivity index (χ0v) is 24.9. The van der Waals surface area contributed by atoms with E-state index in [0.29, 0.717) is 17.9 Å². The van der Waals surface area contributed by atoms with Crippen LogP contribution in [0.4, 0.5) is 5.69 Å². The predicted octanol–water partition coefficient (Wildman–Crippen LogP) is 4.92. The minimum absolute atomic E-state index is 0.0209. The van der Waals surface area contributed by atoms with E-state index >= 15 is 0 Å². The second-order valence-corrected chi connectivity index (χ2v) is 12.6. The molecule has 0 aromatic heterocycles. The number of nitrogens with one attached hydrogen (secondary N) is 1. The first kappa shape index (κ1) is 30.7. The molecule has 214 valence electrons. The van der Waals surface area contributed by atoms with Gasteiger partial charge in [0.1, 0.15) is 18.3 Å². The van der Waals surface area contributed by atoms with Crippen LogP contribution in [0, 0.1) is 6.92 Å². The van der Waals surface area contributed by atoms with E-state index < -0.39 is 34.1 Å². The molecule has 3 aromatic rings. The average molecular weight is 566 g/mol. The lowest BCUT2D eigenvalue weighted by Crippen LogP contribution is -2.55. The van der Waals surface area contributed by atoms with Crippen molar-refractivity contribution < 1.29 is 22.7 Å². The Morgan fingerprint density at radius 1 is 0.925 bits per heavy atom. The lowest BCUT2D eigenvalue weighted by molar-refractivity contribution is -0.141. The third kappa shape index (κ3) is 7.85. The Morgan fingerprint density at radius 3 is 2.05 bits per heavy atom. The maximum Gasteiger partial charge on any atom is 0.264 e. The van der Waals surface area contributed by atoms with Crippen LogP contribution in [0.2, 0.25) is 0 Å². The molecule has 8 nitrogen and oxygen atoms in total. The van der Waals surface area contributed by atoms with Crippen molar-refractivity contribution in [3.63, 3.8) is 0 Å². The van der Waals surface area contributed by atoms with Gasteiger partial charge >= 0.3 is 0 Å². The van der Waals surface area contributed by atoms with Crippen LogP contribution in [0.1, 0.15) is 45.2 Å². The van der Waals surface area contributed by atoms with Crippen LogP contribution >= 0.6 is 0 Å². The van der Waals surface area contributed by atoms with Crippen LogP contribution < -0.4 is 14.4 Å². The third-order valence-electron chi connectivity index (χ3n) is 6.33. The average Bonchev–Trinajstić information content (AvgIpc) is 2.92. The fourth-order valence-electron chi connectivity index (χ4n) is 4.26. The molecule has 0 fully saturated rings. The number of anilines is 1. The molecule has 3 rings (SSSR count). The first-order chi connectivity index (χ1) is 18.9. The zero-order valence-electron chi connectivity index (χ0n) is 24.0. The van der Waals surface area contributed by atoms with Crippen molar-refractivity contribution in [3.05, 3.63) is 90.0 Å². The number of methoxy groups -OCH3 is 1. The number of ether oxygens (including phenoxy) is 1. The summed E-state index contributed by atoms with van der Waals surface area (Å²) in [5, 5.41) is 2.98. The Balaban J connectivity index is 2.04. The van der Waals surface area contributed by atoms with Gasteiger partial charge in [-0.1, -0.05) is 55.0 Å². The maximum atomic E-state index is 14.1. The van der Waals surface area contributed by atoms with Crippen LogP contribution in [0.25, 0.3) is 0 Å². The van der Waals surface area contributed by atoms with Crippen molar-refractivity contribution in [2.24, 2.45) is 0 Å². The minimum Gasteiger partial charge on any atom is -0.497 e. The predicted molar refractivity (Wildman–Crippen MR) is 158 cm³/mol. The monoisotopic (exact) mass is 565 g/mol. The highest BCUT2D eigenvalue weighted by Crippen LogP contribution is 2.26. The van der Waals surface area contributed by atoms with Crippen LogP contribution in [0.15, 0.2) is 83.8 Å². The second kappa shape index (κ2) is 13.0. The Labute approximate surface area is 238 Å². The molecule has 0 heterocycles. The first-order valence-corrected chi connectivity index (χ1v) is 14.7. The highest BCUT2D eigenvalue weighted by Gasteiger charge is 2.34. The van der Waals surface area contributed by atoms with Crippen molar-refractivity contribution in [3.8, 4) is 5.75 Å². The molecule has 2 amide bonds. The summed E-state index contributed by atoms with van der Waals surface area (Å²) in [6.07, 6.45) is 0.357. The molecule has 0 unspecified atom stereocenters. The number of benzene rings is 3. The molecule has 3 aromatic carbocycles. The molecule has 0 radical (unpaired) electrons. The van der Waals surface area contributed by atoms with Gasteiger partial charge in [0.25, 0.3) is 10.0 Å². The largest absolute Gasteiger partial charge is 0.497 e. The number of hydrogen-bond acceptors (Lipinski definition) is 5. The van der Waals surface area contributed by atoms with Gasteiger partial charge in [-0.05, 0) is 76.1 Å². The van der Waals surface area contributed by atoms with Crippen LogP contribution in [-0.4, -0.2) is 50.4 Å². The summed E-state index contributed by atoms with van der Waals surface area (Å²) >= 11 is 0. The number of sulfonamides is 1. The van der Waals surface area contributed by atoms with E-state index in [1.54, 1.807) is 42.5 Å². The van der Waals surface area contributed by atoms with Crippen LogP contribution in [0.5, 0.6) is 5.75 Å². The molecule has 0 bridgehead atoms. The van der Waals surface area contributed by atoms with Crippen molar-refractivity contribution in [1.82, 2.24) is 10.2 Å². The normalized spacial score (nSPS) is 12.3. The quantitative estimate of drug-likeness (QED) is 0.356. The SMILES string of the molecule is CC[C@H](C(=O)NC(C)(C)C)N(Cc1ccc(C)cc1)C(=O)CN(c1ccccc1)S(=O)(=O)c1ccc(OC)cc1. The van der Waals surface area contributed by atoms with Crippen LogP contribution in [0.3, 0.4) is 0 Å². The molecule has 0 aliphatic rings. The molecule has 0 spiro atoms.